The molecule has 1 aromatic heterocycles. The number of amides is 2. The van der Waals surface area contributed by atoms with Crippen molar-refractivity contribution in [2.45, 2.75) is 64.7 Å². The summed E-state index contributed by atoms with van der Waals surface area (Å²) in [6, 6.07) is 2.15. The van der Waals surface area contributed by atoms with Crippen molar-refractivity contribution >= 4 is 23.2 Å². The van der Waals surface area contributed by atoms with Gasteiger partial charge in [-0.05, 0) is 62.5 Å². The number of rotatable bonds is 2. The third kappa shape index (κ3) is 4.23. The van der Waals surface area contributed by atoms with Crippen molar-refractivity contribution in [1.82, 2.24) is 9.80 Å². The second kappa shape index (κ2) is 8.34. The van der Waals surface area contributed by atoms with E-state index >= 15 is 0 Å². The van der Waals surface area contributed by atoms with E-state index in [1.165, 1.54) is 29.7 Å². The minimum absolute atomic E-state index is 0.115. The number of fused-ring (bicyclic) bond motifs is 1. The average Bonchev–Trinajstić information content (AvgIpc) is 2.92. The van der Waals surface area contributed by atoms with Crippen molar-refractivity contribution in [3.63, 3.8) is 0 Å². The molecule has 0 saturated carbocycles. The largest absolute Gasteiger partial charge is 0.342 e. The van der Waals surface area contributed by atoms with Gasteiger partial charge in [0.05, 0.1) is 4.88 Å². The van der Waals surface area contributed by atoms with E-state index in [2.05, 4.69) is 17.9 Å². The molecule has 1 atom stereocenters. The van der Waals surface area contributed by atoms with Crippen molar-refractivity contribution in [2.24, 2.45) is 11.8 Å². The molecule has 4 nitrogen and oxygen atoms in total. The molecule has 2 fully saturated rings. The topological polar surface area (TPSA) is 40.6 Å². The van der Waals surface area contributed by atoms with Gasteiger partial charge < -0.3 is 9.80 Å². The molecule has 1 unspecified atom stereocenters. The lowest BCUT2D eigenvalue weighted by molar-refractivity contribution is -0.136. The first kappa shape index (κ1) is 19.0. The van der Waals surface area contributed by atoms with Crippen LogP contribution in [0.2, 0.25) is 0 Å². The molecule has 5 heteroatoms. The Labute approximate surface area is 166 Å². The zero-order chi connectivity index (χ0) is 18.8. The Balaban J connectivity index is 1.33. The molecule has 4 rings (SSSR count). The van der Waals surface area contributed by atoms with Crippen molar-refractivity contribution in [3.05, 3.63) is 21.4 Å². The van der Waals surface area contributed by atoms with Crippen molar-refractivity contribution in [3.8, 4) is 0 Å². The predicted molar refractivity (Wildman–Crippen MR) is 109 cm³/mol. The Kier molecular flexibility index (Phi) is 5.86. The van der Waals surface area contributed by atoms with Crippen LogP contribution < -0.4 is 0 Å². The van der Waals surface area contributed by atoms with Crippen LogP contribution in [0, 0.1) is 11.8 Å². The van der Waals surface area contributed by atoms with Crippen LogP contribution in [0.1, 0.15) is 72.0 Å². The Morgan fingerprint density at radius 3 is 2.37 bits per heavy atom. The summed E-state index contributed by atoms with van der Waals surface area (Å²) in [5, 5.41) is 0. The summed E-state index contributed by atoms with van der Waals surface area (Å²) in [6.45, 7) is 5.60. The lowest BCUT2D eigenvalue weighted by Gasteiger charge is -2.33. The van der Waals surface area contributed by atoms with Gasteiger partial charge in [0.25, 0.3) is 5.91 Å². The van der Waals surface area contributed by atoms with E-state index < -0.39 is 0 Å². The van der Waals surface area contributed by atoms with Crippen LogP contribution in [0.25, 0.3) is 0 Å². The van der Waals surface area contributed by atoms with Crippen LogP contribution in [0.3, 0.4) is 0 Å². The maximum Gasteiger partial charge on any atom is 0.263 e. The molecular weight excluding hydrogens is 356 g/mol. The number of hydrogen-bond acceptors (Lipinski definition) is 3. The van der Waals surface area contributed by atoms with E-state index in [0.717, 1.165) is 75.5 Å². The fourth-order valence-corrected chi connectivity index (χ4v) is 6.02. The second-order valence-electron chi connectivity index (χ2n) is 8.71. The van der Waals surface area contributed by atoms with Gasteiger partial charge in [-0.2, -0.15) is 0 Å². The molecule has 148 valence electrons. The third-order valence-electron chi connectivity index (χ3n) is 6.59. The molecule has 2 saturated heterocycles. The molecule has 2 amide bonds. The summed E-state index contributed by atoms with van der Waals surface area (Å²) >= 11 is 1.70. The normalized spacial score (nSPS) is 24.4. The van der Waals surface area contributed by atoms with E-state index in [0.29, 0.717) is 5.91 Å². The number of carbonyl (C=O) groups is 2. The van der Waals surface area contributed by atoms with Gasteiger partial charge >= 0.3 is 0 Å². The molecule has 1 aliphatic carbocycles. The van der Waals surface area contributed by atoms with E-state index in [9.17, 15) is 9.59 Å². The van der Waals surface area contributed by atoms with Crippen molar-refractivity contribution in [1.29, 1.82) is 0 Å². The number of hydrogen-bond donors (Lipinski definition) is 0. The standard InChI is InChI=1S/C22H32N2O2S/c1-16-6-7-19-18(14-16)15-20(27-19)22(26)24-12-8-17(9-13-24)21(25)23-10-4-2-3-5-11-23/h15-17H,2-14H2,1H3. The lowest BCUT2D eigenvalue weighted by atomic mass is 9.90. The minimum Gasteiger partial charge on any atom is -0.342 e. The van der Waals surface area contributed by atoms with Gasteiger partial charge in [-0.1, -0.05) is 19.8 Å². The lowest BCUT2D eigenvalue weighted by Crippen LogP contribution is -2.44. The number of likely N-dealkylation sites (tertiary alicyclic amines) is 2. The fraction of sp³-hybridized carbons (Fsp3) is 0.727. The molecule has 1 aromatic rings. The number of piperidine rings is 1. The van der Waals surface area contributed by atoms with E-state index in [1.54, 1.807) is 11.3 Å². The van der Waals surface area contributed by atoms with Gasteiger partial charge in [0.15, 0.2) is 0 Å². The van der Waals surface area contributed by atoms with Gasteiger partial charge in [-0.15, -0.1) is 11.3 Å². The highest BCUT2D eigenvalue weighted by Gasteiger charge is 2.31. The van der Waals surface area contributed by atoms with E-state index in [1.807, 2.05) is 4.90 Å². The Morgan fingerprint density at radius 1 is 0.963 bits per heavy atom. The van der Waals surface area contributed by atoms with Crippen LogP contribution in [0.5, 0.6) is 0 Å². The third-order valence-corrected chi connectivity index (χ3v) is 7.81. The molecule has 0 bridgehead atoms. The predicted octanol–water partition coefficient (Wildman–Crippen LogP) is 4.13. The maximum atomic E-state index is 13.0. The monoisotopic (exact) mass is 388 g/mol. The number of carbonyl (C=O) groups excluding carboxylic acids is 2. The number of aryl methyl sites for hydroxylation is 1. The summed E-state index contributed by atoms with van der Waals surface area (Å²) in [6.07, 6.45) is 9.92. The smallest absolute Gasteiger partial charge is 0.263 e. The Morgan fingerprint density at radius 2 is 1.67 bits per heavy atom. The number of thiophene rings is 1. The first-order valence-corrected chi connectivity index (χ1v) is 11.6. The van der Waals surface area contributed by atoms with Crippen LogP contribution in [0.15, 0.2) is 6.07 Å². The van der Waals surface area contributed by atoms with Gasteiger partial charge in [-0.3, -0.25) is 9.59 Å². The molecule has 3 heterocycles. The molecule has 0 radical (unpaired) electrons. The minimum atomic E-state index is 0.115. The van der Waals surface area contributed by atoms with Crippen molar-refractivity contribution < 1.29 is 9.59 Å². The van der Waals surface area contributed by atoms with Gasteiger partial charge in [-0.25, -0.2) is 0 Å². The molecular formula is C22H32N2O2S. The Hall–Kier alpha value is -1.36. The molecule has 0 aromatic carbocycles. The van der Waals surface area contributed by atoms with Crippen molar-refractivity contribution in [2.75, 3.05) is 26.2 Å². The highest BCUT2D eigenvalue weighted by Crippen LogP contribution is 2.33. The zero-order valence-electron chi connectivity index (χ0n) is 16.5. The SMILES string of the molecule is CC1CCc2sc(C(=O)N3CCC(C(=O)N4CCCCCC4)CC3)cc2C1. The van der Waals surface area contributed by atoms with Gasteiger partial charge in [0.1, 0.15) is 0 Å². The summed E-state index contributed by atoms with van der Waals surface area (Å²) in [5.74, 6) is 1.37. The quantitative estimate of drug-likeness (QED) is 0.764. The molecule has 2 aliphatic heterocycles. The fourth-order valence-electron chi connectivity index (χ4n) is 4.85. The second-order valence-corrected chi connectivity index (χ2v) is 9.85. The maximum absolute atomic E-state index is 13.0. The van der Waals surface area contributed by atoms with Crippen LogP contribution in [0.4, 0.5) is 0 Å². The average molecular weight is 389 g/mol. The molecule has 3 aliphatic rings. The van der Waals surface area contributed by atoms with Crippen LogP contribution in [-0.4, -0.2) is 47.8 Å². The molecule has 0 N–H and O–H groups in total. The highest BCUT2D eigenvalue weighted by molar-refractivity contribution is 7.14. The molecule has 0 spiro atoms. The highest BCUT2D eigenvalue weighted by atomic mass is 32.1. The van der Waals surface area contributed by atoms with Crippen LogP contribution >= 0.6 is 11.3 Å². The molecule has 27 heavy (non-hydrogen) atoms. The van der Waals surface area contributed by atoms with Crippen LogP contribution in [-0.2, 0) is 17.6 Å². The summed E-state index contributed by atoms with van der Waals surface area (Å²) in [7, 11) is 0. The first-order chi connectivity index (χ1) is 13.1. The van der Waals surface area contributed by atoms with Gasteiger partial charge in [0, 0.05) is 37.0 Å². The van der Waals surface area contributed by atoms with Gasteiger partial charge in [0.2, 0.25) is 5.91 Å². The Bertz CT molecular complexity index is 682. The van der Waals surface area contributed by atoms with E-state index in [-0.39, 0.29) is 11.8 Å². The number of nitrogens with zero attached hydrogens (tertiary/aromatic N) is 2. The summed E-state index contributed by atoms with van der Waals surface area (Å²) in [5.41, 5.74) is 1.40. The zero-order valence-corrected chi connectivity index (χ0v) is 17.4. The first-order valence-electron chi connectivity index (χ1n) is 10.8. The van der Waals surface area contributed by atoms with E-state index in [4.69, 9.17) is 0 Å². The summed E-state index contributed by atoms with van der Waals surface area (Å²) in [4.78, 5) is 32.2. The summed E-state index contributed by atoms with van der Waals surface area (Å²) < 4.78 is 0.